The number of fused-ring (bicyclic) bond motifs is 8. The second-order valence-corrected chi connectivity index (χ2v) is 12.0. The Morgan fingerprint density at radius 3 is 2.31 bits per heavy atom. The minimum Gasteiger partial charge on any atom is -0.507 e. The van der Waals surface area contributed by atoms with Gasteiger partial charge in [0.15, 0.2) is 6.23 Å². The fourth-order valence-corrected chi connectivity index (χ4v) is 7.68. The molecule has 0 amide bonds. The van der Waals surface area contributed by atoms with Crippen molar-refractivity contribution in [1.29, 1.82) is 0 Å². The lowest BCUT2D eigenvalue weighted by Gasteiger charge is -2.51. The average Bonchev–Trinajstić information content (AvgIpc) is 3.10. The lowest BCUT2D eigenvalue weighted by atomic mass is 9.52. The third-order valence-electron chi connectivity index (χ3n) is 8.16. The minimum absolute atomic E-state index is 0.00410. The first kappa shape index (κ1) is 20.0. The summed E-state index contributed by atoms with van der Waals surface area (Å²) >= 11 is 0. The second-order valence-electron chi connectivity index (χ2n) is 12.0. The lowest BCUT2D eigenvalue weighted by Crippen LogP contribution is -2.43. The maximum absolute atomic E-state index is 11.3. The number of phenols is 1. The molecule has 0 radical (unpaired) electrons. The Morgan fingerprint density at radius 2 is 1.59 bits per heavy atom. The molecule has 6 rings (SSSR count). The average molecular weight is 428 g/mol. The molecule has 1 saturated carbocycles. The normalized spacial score (nSPS) is 23.7. The molecule has 0 saturated heterocycles. The summed E-state index contributed by atoms with van der Waals surface area (Å²) in [5, 5.41) is 13.3. The molecule has 3 nitrogen and oxygen atoms in total. The monoisotopic (exact) mass is 427 g/mol. The van der Waals surface area contributed by atoms with Gasteiger partial charge in [-0.25, -0.2) is 0 Å². The smallest absolute Gasteiger partial charge is 0.169 e. The Balaban J connectivity index is 1.71. The number of hydrogen-bond donors (Lipinski definition) is 1. The fraction of sp³-hybridized carbons (Fsp3) is 0.448. The molecule has 1 unspecified atom stereocenters. The standard InChI is InChI=1S/C29H33NO2/c1-17-30(6)23-11-20-19(12-25(23)32-17)24(31)13-22-26(20)18-9-7-8-10-21(18)29(22)15-27(2,3)14-28(4,5)16-29/h7-13,17,31H,14-16H2,1-6H3. The molecule has 3 aliphatic rings. The van der Waals surface area contributed by atoms with Crippen LogP contribution in [0.3, 0.4) is 0 Å². The number of ether oxygens (including phenoxy) is 1. The van der Waals surface area contributed by atoms with Crippen LogP contribution in [-0.2, 0) is 5.41 Å². The highest BCUT2D eigenvalue weighted by Crippen LogP contribution is 2.65. The molecule has 3 aromatic carbocycles. The first-order chi connectivity index (χ1) is 15.0. The van der Waals surface area contributed by atoms with Crippen LogP contribution < -0.4 is 9.64 Å². The second kappa shape index (κ2) is 6.01. The molecule has 32 heavy (non-hydrogen) atoms. The highest BCUT2D eigenvalue weighted by molar-refractivity contribution is 6.07. The predicted octanol–water partition coefficient (Wildman–Crippen LogP) is 7.22. The van der Waals surface area contributed by atoms with E-state index in [4.69, 9.17) is 4.74 Å². The van der Waals surface area contributed by atoms with Crippen LogP contribution in [0.5, 0.6) is 11.5 Å². The Hall–Kier alpha value is -2.68. The van der Waals surface area contributed by atoms with Gasteiger partial charge in [-0.3, -0.25) is 0 Å². The van der Waals surface area contributed by atoms with Crippen LogP contribution in [0.25, 0.3) is 21.9 Å². The number of nitrogens with zero attached hydrogens (tertiary/aromatic N) is 1. The summed E-state index contributed by atoms with van der Waals surface area (Å²) in [6.07, 6.45) is 3.41. The zero-order valence-corrected chi connectivity index (χ0v) is 20.0. The molecule has 1 heterocycles. The van der Waals surface area contributed by atoms with E-state index in [0.29, 0.717) is 5.75 Å². The van der Waals surface area contributed by atoms with Crippen LogP contribution in [0.1, 0.15) is 65.0 Å². The predicted molar refractivity (Wildman–Crippen MR) is 132 cm³/mol. The molecular weight excluding hydrogens is 394 g/mol. The van der Waals surface area contributed by atoms with Crippen molar-refractivity contribution in [3.63, 3.8) is 0 Å². The van der Waals surface area contributed by atoms with E-state index in [-0.39, 0.29) is 22.5 Å². The van der Waals surface area contributed by atoms with Gasteiger partial charge in [0.25, 0.3) is 0 Å². The summed E-state index contributed by atoms with van der Waals surface area (Å²) < 4.78 is 6.05. The number of aromatic hydroxyl groups is 1. The highest BCUT2D eigenvalue weighted by atomic mass is 16.5. The van der Waals surface area contributed by atoms with Crippen LogP contribution in [0.4, 0.5) is 5.69 Å². The van der Waals surface area contributed by atoms with Crippen LogP contribution in [-0.4, -0.2) is 18.4 Å². The van der Waals surface area contributed by atoms with Crippen molar-refractivity contribution in [3.8, 4) is 22.6 Å². The van der Waals surface area contributed by atoms with Crippen molar-refractivity contribution in [1.82, 2.24) is 0 Å². The summed E-state index contributed by atoms with van der Waals surface area (Å²) in [7, 11) is 2.08. The van der Waals surface area contributed by atoms with Gasteiger partial charge in [-0.1, -0.05) is 52.0 Å². The van der Waals surface area contributed by atoms with Crippen LogP contribution in [0, 0.1) is 10.8 Å². The van der Waals surface area contributed by atoms with Gasteiger partial charge >= 0.3 is 0 Å². The van der Waals surface area contributed by atoms with Gasteiger partial charge in [-0.2, -0.15) is 0 Å². The van der Waals surface area contributed by atoms with E-state index < -0.39 is 0 Å². The van der Waals surface area contributed by atoms with Crippen molar-refractivity contribution in [2.45, 2.75) is 65.5 Å². The fourth-order valence-electron chi connectivity index (χ4n) is 7.68. The maximum atomic E-state index is 11.3. The topological polar surface area (TPSA) is 32.7 Å². The Morgan fingerprint density at radius 1 is 0.906 bits per heavy atom. The van der Waals surface area contributed by atoms with Gasteiger partial charge in [0.05, 0.1) is 5.69 Å². The summed E-state index contributed by atoms with van der Waals surface area (Å²) in [5.41, 5.74) is 6.84. The Kier molecular flexibility index (Phi) is 3.75. The molecule has 0 aromatic heterocycles. The molecule has 1 aliphatic heterocycles. The first-order valence-corrected chi connectivity index (χ1v) is 11.9. The van der Waals surface area contributed by atoms with Crippen LogP contribution >= 0.6 is 0 Å². The largest absolute Gasteiger partial charge is 0.507 e. The summed E-state index contributed by atoms with van der Waals surface area (Å²) in [6, 6.07) is 15.3. The van der Waals surface area contributed by atoms with E-state index in [2.05, 4.69) is 83.0 Å². The molecule has 166 valence electrons. The van der Waals surface area contributed by atoms with E-state index in [1.807, 2.05) is 6.07 Å². The van der Waals surface area contributed by atoms with E-state index in [1.54, 1.807) is 0 Å². The number of rotatable bonds is 0. The first-order valence-electron chi connectivity index (χ1n) is 11.9. The van der Waals surface area contributed by atoms with Crippen molar-refractivity contribution in [3.05, 3.63) is 53.6 Å². The van der Waals surface area contributed by atoms with Crippen LogP contribution in [0.15, 0.2) is 42.5 Å². The van der Waals surface area contributed by atoms with E-state index in [9.17, 15) is 5.11 Å². The number of hydrogen-bond acceptors (Lipinski definition) is 3. The van der Waals surface area contributed by atoms with E-state index in [0.717, 1.165) is 35.1 Å². The molecular formula is C29H33NO2. The summed E-state index contributed by atoms with van der Waals surface area (Å²) in [4.78, 5) is 2.18. The van der Waals surface area contributed by atoms with E-state index in [1.165, 1.54) is 28.7 Å². The molecule has 1 spiro atoms. The third-order valence-corrected chi connectivity index (χ3v) is 8.16. The van der Waals surface area contributed by atoms with Crippen LogP contribution in [0.2, 0.25) is 0 Å². The number of anilines is 1. The minimum atomic E-state index is -0.0719. The van der Waals surface area contributed by atoms with Gasteiger partial charge in [0.1, 0.15) is 11.5 Å². The zero-order valence-electron chi connectivity index (χ0n) is 20.0. The maximum Gasteiger partial charge on any atom is 0.169 e. The molecule has 1 N–H and O–H groups in total. The van der Waals surface area contributed by atoms with Gasteiger partial charge in [-0.15, -0.1) is 0 Å². The van der Waals surface area contributed by atoms with Gasteiger partial charge in [0, 0.05) is 17.8 Å². The SMILES string of the molecule is CC1Oc2cc3c(O)cc4c(c3cc2N1C)-c1ccccc1C41CC(C)(C)CC(C)(C)C1. The Bertz CT molecular complexity index is 1270. The zero-order chi connectivity index (χ0) is 22.6. The van der Waals surface area contributed by atoms with Crippen molar-refractivity contribution in [2.24, 2.45) is 10.8 Å². The summed E-state index contributed by atoms with van der Waals surface area (Å²) in [6.45, 7) is 11.7. The highest BCUT2D eigenvalue weighted by Gasteiger charge is 2.53. The number of benzene rings is 3. The molecule has 2 aliphatic carbocycles. The molecule has 0 bridgehead atoms. The summed E-state index contributed by atoms with van der Waals surface area (Å²) in [5.74, 6) is 1.21. The molecule has 3 aromatic rings. The van der Waals surface area contributed by atoms with Gasteiger partial charge in [-0.05, 0) is 82.9 Å². The molecule has 1 atom stereocenters. The quantitative estimate of drug-likeness (QED) is 0.411. The van der Waals surface area contributed by atoms with E-state index >= 15 is 0 Å². The molecule has 1 fully saturated rings. The third kappa shape index (κ3) is 2.54. The van der Waals surface area contributed by atoms with Gasteiger partial charge < -0.3 is 14.7 Å². The lowest BCUT2D eigenvalue weighted by molar-refractivity contribution is 0.0645. The molecule has 3 heteroatoms. The Labute approximate surface area is 191 Å². The van der Waals surface area contributed by atoms with Crippen molar-refractivity contribution < 1.29 is 9.84 Å². The number of phenolic OH excluding ortho intramolecular Hbond substituents is 1. The van der Waals surface area contributed by atoms with Crippen molar-refractivity contribution in [2.75, 3.05) is 11.9 Å². The van der Waals surface area contributed by atoms with Gasteiger partial charge in [0.2, 0.25) is 0 Å². The van der Waals surface area contributed by atoms with Crippen molar-refractivity contribution >= 4 is 16.5 Å².